The highest BCUT2D eigenvalue weighted by Crippen LogP contribution is 2.32. The van der Waals surface area contributed by atoms with Crippen molar-refractivity contribution >= 4 is 11.9 Å². The third-order valence-corrected chi connectivity index (χ3v) is 4.49. The Hall–Kier alpha value is -3.02. The molecule has 0 saturated carbocycles. The fourth-order valence-electron chi connectivity index (χ4n) is 3.23. The number of carbonyl (C=O) groups is 2. The van der Waals surface area contributed by atoms with Gasteiger partial charge in [0.25, 0.3) is 5.91 Å². The third-order valence-electron chi connectivity index (χ3n) is 4.49. The zero-order valence-corrected chi connectivity index (χ0v) is 14.8. The van der Waals surface area contributed by atoms with Crippen LogP contribution >= 0.6 is 0 Å². The van der Waals surface area contributed by atoms with Gasteiger partial charge < -0.3 is 19.5 Å². The summed E-state index contributed by atoms with van der Waals surface area (Å²) < 4.78 is 10.8. The Morgan fingerprint density at radius 3 is 2.65 bits per heavy atom. The molecule has 1 aliphatic heterocycles. The normalized spacial score (nSPS) is 15.9. The van der Waals surface area contributed by atoms with E-state index in [1.165, 1.54) is 7.11 Å². The SMILES string of the molecule is CCOc1ccc(C(=O)N2Cc3ccccc3C(C(=O)O)C2)cc1OC. The molecule has 0 aromatic heterocycles. The predicted octanol–water partition coefficient (Wildman–Crippen LogP) is 2.92. The van der Waals surface area contributed by atoms with Crippen molar-refractivity contribution in [1.82, 2.24) is 4.90 Å². The minimum absolute atomic E-state index is 0.140. The average molecular weight is 355 g/mol. The van der Waals surface area contributed by atoms with Crippen molar-refractivity contribution in [3.63, 3.8) is 0 Å². The summed E-state index contributed by atoms with van der Waals surface area (Å²) in [6, 6.07) is 12.4. The van der Waals surface area contributed by atoms with Crippen LogP contribution in [0.1, 0.15) is 34.3 Å². The largest absolute Gasteiger partial charge is 0.493 e. The van der Waals surface area contributed by atoms with Gasteiger partial charge in [-0.15, -0.1) is 0 Å². The third kappa shape index (κ3) is 3.35. The Morgan fingerprint density at radius 2 is 1.96 bits per heavy atom. The van der Waals surface area contributed by atoms with Gasteiger partial charge in [-0.3, -0.25) is 9.59 Å². The van der Waals surface area contributed by atoms with Gasteiger partial charge in [-0.05, 0) is 36.2 Å². The molecule has 3 rings (SSSR count). The molecule has 0 spiro atoms. The van der Waals surface area contributed by atoms with Crippen molar-refractivity contribution in [2.75, 3.05) is 20.3 Å². The molecule has 26 heavy (non-hydrogen) atoms. The summed E-state index contributed by atoms with van der Waals surface area (Å²) in [5.74, 6) is -0.844. The Balaban J connectivity index is 1.90. The molecule has 1 amide bonds. The average Bonchev–Trinajstić information content (AvgIpc) is 2.67. The molecule has 6 nitrogen and oxygen atoms in total. The van der Waals surface area contributed by atoms with Crippen molar-refractivity contribution in [3.05, 3.63) is 59.2 Å². The zero-order valence-electron chi connectivity index (χ0n) is 14.8. The molecule has 1 aliphatic rings. The number of hydrogen-bond acceptors (Lipinski definition) is 4. The van der Waals surface area contributed by atoms with E-state index in [1.807, 2.05) is 31.2 Å². The van der Waals surface area contributed by atoms with Crippen LogP contribution < -0.4 is 9.47 Å². The number of fused-ring (bicyclic) bond motifs is 1. The molecule has 0 saturated heterocycles. The van der Waals surface area contributed by atoms with E-state index in [-0.39, 0.29) is 12.5 Å². The molecule has 0 fully saturated rings. The maximum Gasteiger partial charge on any atom is 0.312 e. The molecule has 0 radical (unpaired) electrons. The lowest BCUT2D eigenvalue weighted by Gasteiger charge is -2.33. The summed E-state index contributed by atoms with van der Waals surface area (Å²) in [6.45, 7) is 2.89. The lowest BCUT2D eigenvalue weighted by molar-refractivity contribution is -0.139. The van der Waals surface area contributed by atoms with Crippen LogP contribution in [0.2, 0.25) is 0 Å². The highest BCUT2D eigenvalue weighted by molar-refractivity contribution is 5.95. The molecule has 1 atom stereocenters. The fraction of sp³-hybridized carbons (Fsp3) is 0.300. The Morgan fingerprint density at radius 1 is 1.19 bits per heavy atom. The molecule has 136 valence electrons. The van der Waals surface area contributed by atoms with Crippen molar-refractivity contribution in [2.45, 2.75) is 19.4 Å². The standard InChI is InChI=1S/C20H21NO5/c1-3-26-17-9-8-13(10-18(17)25-2)19(22)21-11-14-6-4-5-7-15(14)16(12-21)20(23)24/h4-10,16H,3,11-12H2,1-2H3,(H,23,24). The number of ether oxygens (including phenoxy) is 2. The molecular formula is C20H21NO5. The topological polar surface area (TPSA) is 76.1 Å². The minimum atomic E-state index is -0.931. The Bertz CT molecular complexity index is 833. The summed E-state index contributed by atoms with van der Waals surface area (Å²) in [4.78, 5) is 26.2. The Kier molecular flexibility index (Phi) is 5.11. The van der Waals surface area contributed by atoms with Crippen LogP contribution in [0, 0.1) is 0 Å². The summed E-state index contributed by atoms with van der Waals surface area (Å²) >= 11 is 0. The van der Waals surface area contributed by atoms with Crippen LogP contribution in [0.3, 0.4) is 0 Å². The second kappa shape index (κ2) is 7.47. The van der Waals surface area contributed by atoms with Gasteiger partial charge in [0, 0.05) is 18.7 Å². The highest BCUT2D eigenvalue weighted by Gasteiger charge is 2.32. The van der Waals surface area contributed by atoms with Crippen molar-refractivity contribution < 1.29 is 24.2 Å². The number of amides is 1. The summed E-state index contributed by atoms with van der Waals surface area (Å²) in [5.41, 5.74) is 2.07. The molecule has 0 aliphatic carbocycles. The van der Waals surface area contributed by atoms with E-state index < -0.39 is 11.9 Å². The molecular weight excluding hydrogens is 334 g/mol. The maximum atomic E-state index is 13.0. The van der Waals surface area contributed by atoms with Gasteiger partial charge in [-0.1, -0.05) is 24.3 Å². The first-order valence-electron chi connectivity index (χ1n) is 8.45. The number of benzene rings is 2. The van der Waals surface area contributed by atoms with Gasteiger partial charge in [0.2, 0.25) is 0 Å². The predicted molar refractivity (Wildman–Crippen MR) is 95.7 cm³/mol. The van der Waals surface area contributed by atoms with Crippen LogP contribution in [-0.4, -0.2) is 42.1 Å². The van der Waals surface area contributed by atoms with E-state index in [4.69, 9.17) is 9.47 Å². The first kappa shape index (κ1) is 17.8. The quantitative estimate of drug-likeness (QED) is 0.892. The molecule has 2 aromatic rings. The fourth-order valence-corrected chi connectivity index (χ4v) is 3.23. The van der Waals surface area contributed by atoms with Crippen LogP contribution in [0.4, 0.5) is 0 Å². The van der Waals surface area contributed by atoms with Gasteiger partial charge in [0.15, 0.2) is 11.5 Å². The van der Waals surface area contributed by atoms with E-state index >= 15 is 0 Å². The van der Waals surface area contributed by atoms with E-state index in [1.54, 1.807) is 23.1 Å². The second-order valence-electron chi connectivity index (χ2n) is 6.07. The number of rotatable bonds is 5. The maximum absolute atomic E-state index is 13.0. The second-order valence-corrected chi connectivity index (χ2v) is 6.07. The number of carbonyl (C=O) groups excluding carboxylic acids is 1. The van der Waals surface area contributed by atoms with E-state index in [0.29, 0.717) is 30.2 Å². The van der Waals surface area contributed by atoms with Crippen molar-refractivity contribution in [2.24, 2.45) is 0 Å². The molecule has 1 N–H and O–H groups in total. The van der Waals surface area contributed by atoms with Crippen molar-refractivity contribution in [1.29, 1.82) is 0 Å². The van der Waals surface area contributed by atoms with Crippen LogP contribution in [0.15, 0.2) is 42.5 Å². The summed E-state index contributed by atoms with van der Waals surface area (Å²) in [7, 11) is 1.52. The van der Waals surface area contributed by atoms with Crippen LogP contribution in [0.25, 0.3) is 0 Å². The first-order valence-corrected chi connectivity index (χ1v) is 8.45. The van der Waals surface area contributed by atoms with Gasteiger partial charge >= 0.3 is 5.97 Å². The number of hydrogen-bond donors (Lipinski definition) is 1. The lowest BCUT2D eigenvalue weighted by Crippen LogP contribution is -2.40. The highest BCUT2D eigenvalue weighted by atomic mass is 16.5. The Labute approximate surface area is 152 Å². The van der Waals surface area contributed by atoms with Gasteiger partial charge in [0.1, 0.15) is 0 Å². The zero-order chi connectivity index (χ0) is 18.7. The molecule has 2 aromatic carbocycles. The molecule has 6 heteroatoms. The van der Waals surface area contributed by atoms with Gasteiger partial charge in [-0.25, -0.2) is 0 Å². The number of carboxylic acids is 1. The smallest absolute Gasteiger partial charge is 0.312 e. The minimum Gasteiger partial charge on any atom is -0.493 e. The summed E-state index contributed by atoms with van der Waals surface area (Å²) in [6.07, 6.45) is 0. The molecule has 0 bridgehead atoms. The van der Waals surface area contributed by atoms with E-state index in [9.17, 15) is 14.7 Å². The monoisotopic (exact) mass is 355 g/mol. The van der Waals surface area contributed by atoms with E-state index in [2.05, 4.69) is 0 Å². The van der Waals surface area contributed by atoms with Crippen LogP contribution in [-0.2, 0) is 11.3 Å². The van der Waals surface area contributed by atoms with Gasteiger partial charge in [-0.2, -0.15) is 0 Å². The number of carboxylic acid groups (broad SMARTS) is 1. The summed E-state index contributed by atoms with van der Waals surface area (Å²) in [5, 5.41) is 9.56. The lowest BCUT2D eigenvalue weighted by atomic mass is 9.89. The first-order chi connectivity index (χ1) is 12.5. The van der Waals surface area contributed by atoms with Crippen molar-refractivity contribution in [3.8, 4) is 11.5 Å². The molecule has 1 unspecified atom stereocenters. The molecule has 1 heterocycles. The number of nitrogens with zero attached hydrogens (tertiary/aromatic N) is 1. The van der Waals surface area contributed by atoms with Gasteiger partial charge in [0.05, 0.1) is 19.6 Å². The number of aliphatic carboxylic acids is 1. The van der Waals surface area contributed by atoms with Crippen LogP contribution in [0.5, 0.6) is 11.5 Å². The number of methoxy groups -OCH3 is 1. The van der Waals surface area contributed by atoms with E-state index in [0.717, 1.165) is 11.1 Å².